The Kier molecular flexibility index (Phi) is 5.33. The van der Waals surface area contributed by atoms with Crippen LogP contribution in [-0.4, -0.2) is 18.9 Å². The van der Waals surface area contributed by atoms with Gasteiger partial charge in [-0.1, -0.05) is 18.6 Å². The maximum absolute atomic E-state index is 12.1. The molecule has 0 spiro atoms. The molecule has 1 aliphatic carbocycles. The number of esters is 1. The molecule has 0 radical (unpaired) electrons. The molecule has 0 aromatic carbocycles. The summed E-state index contributed by atoms with van der Waals surface area (Å²) in [6, 6.07) is 0. The Morgan fingerprint density at radius 3 is 2.68 bits per heavy atom. The highest BCUT2D eigenvalue weighted by Gasteiger charge is 2.50. The van der Waals surface area contributed by atoms with E-state index in [2.05, 4.69) is 26.8 Å². The molecule has 0 unspecified atom stereocenters. The Labute approximate surface area is 116 Å². The highest BCUT2D eigenvalue weighted by molar-refractivity contribution is 6.05. The van der Waals surface area contributed by atoms with Gasteiger partial charge in [0.1, 0.15) is 11.2 Å². The Morgan fingerprint density at radius 2 is 2.16 bits per heavy atom. The summed E-state index contributed by atoms with van der Waals surface area (Å²) in [4.78, 5) is 23.8. The lowest BCUT2D eigenvalue weighted by atomic mass is 9.83. The molecular formula is C16H26O3. The van der Waals surface area contributed by atoms with E-state index < -0.39 is 5.41 Å². The number of methoxy groups -OCH3 is 1. The average Bonchev–Trinajstić information content (AvgIpc) is 2.65. The van der Waals surface area contributed by atoms with Crippen LogP contribution in [0.3, 0.4) is 0 Å². The zero-order valence-corrected chi connectivity index (χ0v) is 12.8. The lowest BCUT2D eigenvalue weighted by molar-refractivity contribution is -0.155. The lowest BCUT2D eigenvalue weighted by Gasteiger charge is -2.21. The minimum Gasteiger partial charge on any atom is -0.468 e. The predicted molar refractivity (Wildman–Crippen MR) is 75.7 cm³/mol. The summed E-state index contributed by atoms with van der Waals surface area (Å²) in [7, 11) is 1.35. The summed E-state index contributed by atoms with van der Waals surface area (Å²) in [5, 5.41) is 0. The number of ketones is 1. The van der Waals surface area contributed by atoms with Gasteiger partial charge in [-0.25, -0.2) is 0 Å². The number of carbonyl (C=O) groups is 2. The number of allylic oxidation sites excluding steroid dienone is 2. The van der Waals surface area contributed by atoms with Crippen LogP contribution in [0.5, 0.6) is 0 Å². The minimum absolute atomic E-state index is 0.0402. The maximum Gasteiger partial charge on any atom is 0.319 e. The topological polar surface area (TPSA) is 43.4 Å². The van der Waals surface area contributed by atoms with Crippen LogP contribution in [0.15, 0.2) is 11.6 Å². The molecule has 108 valence electrons. The first-order chi connectivity index (χ1) is 8.81. The molecule has 3 atom stereocenters. The molecule has 3 nitrogen and oxygen atoms in total. The standard InChI is InChI=1S/C16H26O3/c1-11(2)7-6-8-12(3)13-9-14(17)16(4,10-13)15(18)19-5/h7,12-13H,6,8-10H2,1-5H3/t12-,13+,16+/m1/s1. The summed E-state index contributed by atoms with van der Waals surface area (Å²) >= 11 is 0. The van der Waals surface area contributed by atoms with Gasteiger partial charge in [-0.05, 0) is 51.9 Å². The molecule has 0 heterocycles. The van der Waals surface area contributed by atoms with Crippen molar-refractivity contribution in [3.8, 4) is 0 Å². The molecular weight excluding hydrogens is 240 g/mol. The van der Waals surface area contributed by atoms with E-state index in [0.717, 1.165) is 12.8 Å². The third-order valence-electron chi connectivity index (χ3n) is 4.35. The first kappa shape index (κ1) is 15.9. The summed E-state index contributed by atoms with van der Waals surface area (Å²) in [6.07, 6.45) is 5.49. The number of hydrogen-bond donors (Lipinski definition) is 0. The van der Waals surface area contributed by atoms with Crippen LogP contribution in [0, 0.1) is 17.3 Å². The van der Waals surface area contributed by atoms with E-state index in [1.807, 2.05) is 0 Å². The van der Waals surface area contributed by atoms with E-state index in [4.69, 9.17) is 4.74 Å². The van der Waals surface area contributed by atoms with Gasteiger partial charge in [0.25, 0.3) is 0 Å². The van der Waals surface area contributed by atoms with E-state index >= 15 is 0 Å². The normalized spacial score (nSPS) is 28.1. The van der Waals surface area contributed by atoms with Crippen LogP contribution in [0.25, 0.3) is 0 Å². The fourth-order valence-electron chi connectivity index (χ4n) is 2.87. The molecule has 0 aromatic heterocycles. The molecule has 0 saturated heterocycles. The van der Waals surface area contributed by atoms with Crippen molar-refractivity contribution >= 4 is 11.8 Å². The molecule has 19 heavy (non-hydrogen) atoms. The second-order valence-electron chi connectivity index (χ2n) is 6.25. The quantitative estimate of drug-likeness (QED) is 0.434. The Bertz CT molecular complexity index is 379. The summed E-state index contributed by atoms with van der Waals surface area (Å²) in [6.45, 7) is 8.10. The van der Waals surface area contributed by atoms with Crippen LogP contribution in [0.1, 0.15) is 53.4 Å². The molecule has 3 heteroatoms. The van der Waals surface area contributed by atoms with E-state index in [9.17, 15) is 9.59 Å². The van der Waals surface area contributed by atoms with Gasteiger partial charge < -0.3 is 4.74 Å². The molecule has 1 saturated carbocycles. The van der Waals surface area contributed by atoms with E-state index in [1.165, 1.54) is 12.7 Å². The second kappa shape index (κ2) is 6.36. The van der Waals surface area contributed by atoms with E-state index in [-0.39, 0.29) is 11.8 Å². The zero-order valence-electron chi connectivity index (χ0n) is 12.8. The molecule has 0 bridgehead atoms. The van der Waals surface area contributed by atoms with Crippen LogP contribution >= 0.6 is 0 Å². The summed E-state index contributed by atoms with van der Waals surface area (Å²) in [5.74, 6) is 0.433. The summed E-state index contributed by atoms with van der Waals surface area (Å²) in [5.41, 5.74) is 0.415. The first-order valence-electron chi connectivity index (χ1n) is 7.06. The minimum atomic E-state index is -0.913. The molecule has 0 aliphatic heterocycles. The van der Waals surface area contributed by atoms with Gasteiger partial charge in [-0.3, -0.25) is 9.59 Å². The Hall–Kier alpha value is -1.12. The molecule has 0 amide bonds. The molecule has 1 rings (SSSR count). The van der Waals surface area contributed by atoms with Gasteiger partial charge in [0.05, 0.1) is 7.11 Å². The predicted octanol–water partition coefficient (Wildman–Crippen LogP) is 3.53. The van der Waals surface area contributed by atoms with Crippen LogP contribution in [0.2, 0.25) is 0 Å². The van der Waals surface area contributed by atoms with Gasteiger partial charge in [0.15, 0.2) is 0 Å². The van der Waals surface area contributed by atoms with Gasteiger partial charge in [0, 0.05) is 6.42 Å². The molecule has 0 aromatic rings. The second-order valence-corrected chi connectivity index (χ2v) is 6.25. The average molecular weight is 266 g/mol. The van der Waals surface area contributed by atoms with Crippen molar-refractivity contribution in [3.63, 3.8) is 0 Å². The number of ether oxygens (including phenoxy) is 1. The van der Waals surface area contributed by atoms with Crippen molar-refractivity contribution in [2.24, 2.45) is 17.3 Å². The highest BCUT2D eigenvalue weighted by atomic mass is 16.5. The lowest BCUT2D eigenvalue weighted by Crippen LogP contribution is -2.33. The number of Topliss-reactive ketones (excluding diaryl/α,β-unsaturated/α-hetero) is 1. The maximum atomic E-state index is 12.1. The molecule has 1 aliphatic rings. The number of hydrogen-bond acceptors (Lipinski definition) is 3. The molecule has 1 fully saturated rings. The zero-order chi connectivity index (χ0) is 14.6. The fourth-order valence-corrected chi connectivity index (χ4v) is 2.87. The van der Waals surface area contributed by atoms with Crippen molar-refractivity contribution in [1.29, 1.82) is 0 Å². The Balaban J connectivity index is 2.61. The van der Waals surface area contributed by atoms with Crippen LogP contribution in [-0.2, 0) is 14.3 Å². The largest absolute Gasteiger partial charge is 0.468 e. The smallest absolute Gasteiger partial charge is 0.319 e. The first-order valence-corrected chi connectivity index (χ1v) is 7.06. The van der Waals surface area contributed by atoms with Crippen molar-refractivity contribution in [2.75, 3.05) is 7.11 Å². The van der Waals surface area contributed by atoms with Crippen LogP contribution < -0.4 is 0 Å². The van der Waals surface area contributed by atoms with Crippen molar-refractivity contribution in [2.45, 2.75) is 53.4 Å². The van der Waals surface area contributed by atoms with Gasteiger partial charge >= 0.3 is 5.97 Å². The van der Waals surface area contributed by atoms with Crippen molar-refractivity contribution in [3.05, 3.63) is 11.6 Å². The van der Waals surface area contributed by atoms with Crippen molar-refractivity contribution < 1.29 is 14.3 Å². The third kappa shape index (κ3) is 3.68. The summed E-state index contributed by atoms with van der Waals surface area (Å²) < 4.78 is 4.78. The van der Waals surface area contributed by atoms with E-state index in [1.54, 1.807) is 6.92 Å². The van der Waals surface area contributed by atoms with Crippen LogP contribution in [0.4, 0.5) is 0 Å². The fraction of sp³-hybridized carbons (Fsp3) is 0.750. The SMILES string of the molecule is COC(=O)[C@@]1(C)C[C@@H]([C@H](C)CCC=C(C)C)CC1=O. The third-order valence-corrected chi connectivity index (χ3v) is 4.35. The monoisotopic (exact) mass is 266 g/mol. The Morgan fingerprint density at radius 1 is 1.53 bits per heavy atom. The number of carbonyl (C=O) groups excluding carboxylic acids is 2. The highest BCUT2D eigenvalue weighted by Crippen LogP contribution is 2.43. The van der Waals surface area contributed by atoms with E-state index in [0.29, 0.717) is 24.7 Å². The number of rotatable bonds is 5. The van der Waals surface area contributed by atoms with Crippen molar-refractivity contribution in [1.82, 2.24) is 0 Å². The molecule has 0 N–H and O–H groups in total. The van der Waals surface area contributed by atoms with Gasteiger partial charge in [-0.2, -0.15) is 0 Å². The van der Waals surface area contributed by atoms with Gasteiger partial charge in [0.2, 0.25) is 0 Å². The van der Waals surface area contributed by atoms with Gasteiger partial charge in [-0.15, -0.1) is 0 Å².